The van der Waals surface area contributed by atoms with Crippen molar-refractivity contribution in [2.24, 2.45) is 0 Å². The Hall–Kier alpha value is -2.50. The van der Waals surface area contributed by atoms with Crippen LogP contribution in [0.25, 0.3) is 17.0 Å². The molecule has 0 amide bonds. The van der Waals surface area contributed by atoms with Crippen molar-refractivity contribution >= 4 is 0 Å². The Morgan fingerprint density at radius 1 is 1.10 bits per heavy atom. The fourth-order valence-corrected chi connectivity index (χ4v) is 1.95. The highest BCUT2D eigenvalue weighted by Gasteiger charge is 2.31. The van der Waals surface area contributed by atoms with Gasteiger partial charge in [0.05, 0.1) is 17.5 Å². The van der Waals surface area contributed by atoms with Crippen molar-refractivity contribution in [2.45, 2.75) is 6.18 Å². The van der Waals surface area contributed by atoms with E-state index in [4.69, 9.17) is 4.42 Å². The molecule has 0 aliphatic rings. The van der Waals surface area contributed by atoms with Gasteiger partial charge in [-0.2, -0.15) is 18.3 Å². The molecular formula is C14H9F3N2O. The number of aromatic nitrogens is 2. The second-order valence-corrected chi connectivity index (χ2v) is 4.16. The summed E-state index contributed by atoms with van der Waals surface area (Å²) in [6, 6.07) is 8.42. The lowest BCUT2D eigenvalue weighted by atomic mass is 10.1. The molecule has 0 fully saturated rings. The third-order valence-electron chi connectivity index (χ3n) is 2.86. The van der Waals surface area contributed by atoms with Crippen LogP contribution < -0.4 is 0 Å². The molecule has 0 spiro atoms. The molecule has 0 radical (unpaired) electrons. The summed E-state index contributed by atoms with van der Waals surface area (Å²) in [5.74, 6) is 0.363. The zero-order chi connectivity index (χ0) is 14.2. The number of nitrogens with zero attached hydrogens (tertiary/aromatic N) is 2. The highest BCUT2D eigenvalue weighted by Crippen LogP contribution is 2.35. The first kappa shape index (κ1) is 12.5. The topological polar surface area (TPSA) is 31.0 Å². The number of halogens is 3. The van der Waals surface area contributed by atoms with Crippen molar-refractivity contribution in [3.05, 3.63) is 60.6 Å². The van der Waals surface area contributed by atoms with Gasteiger partial charge in [0.25, 0.3) is 0 Å². The lowest BCUT2D eigenvalue weighted by Gasteiger charge is -2.12. The van der Waals surface area contributed by atoms with Crippen LogP contribution in [0.1, 0.15) is 5.56 Å². The lowest BCUT2D eigenvalue weighted by Crippen LogP contribution is -2.06. The van der Waals surface area contributed by atoms with Crippen LogP contribution in [0.5, 0.6) is 0 Å². The van der Waals surface area contributed by atoms with E-state index in [1.807, 2.05) is 0 Å². The van der Waals surface area contributed by atoms with Crippen LogP contribution in [0.15, 0.2) is 59.5 Å². The van der Waals surface area contributed by atoms with Gasteiger partial charge in [-0.15, -0.1) is 0 Å². The summed E-state index contributed by atoms with van der Waals surface area (Å²) in [6.45, 7) is 0. The summed E-state index contributed by atoms with van der Waals surface area (Å²) < 4.78 is 45.2. The van der Waals surface area contributed by atoms with Crippen molar-refractivity contribution in [3.63, 3.8) is 0 Å². The van der Waals surface area contributed by atoms with Gasteiger partial charge >= 0.3 is 6.18 Å². The minimum atomic E-state index is -4.40. The quantitative estimate of drug-likeness (QED) is 0.705. The second kappa shape index (κ2) is 4.56. The first-order valence-corrected chi connectivity index (χ1v) is 5.81. The summed E-state index contributed by atoms with van der Waals surface area (Å²) in [4.78, 5) is 0. The molecule has 0 N–H and O–H groups in total. The molecular weight excluding hydrogens is 269 g/mol. The average Bonchev–Trinajstić information content (AvgIpc) is 3.10. The molecule has 0 saturated carbocycles. The predicted octanol–water partition coefficient (Wildman–Crippen LogP) is 4.15. The maximum Gasteiger partial charge on any atom is 0.416 e. The van der Waals surface area contributed by atoms with E-state index in [1.54, 1.807) is 30.6 Å². The van der Waals surface area contributed by atoms with Crippen LogP contribution in [0, 0.1) is 0 Å². The van der Waals surface area contributed by atoms with E-state index in [0.717, 1.165) is 12.1 Å². The molecule has 1 aromatic carbocycles. The van der Waals surface area contributed by atoms with E-state index >= 15 is 0 Å². The highest BCUT2D eigenvalue weighted by molar-refractivity contribution is 5.69. The van der Waals surface area contributed by atoms with Gasteiger partial charge in [0.15, 0.2) is 0 Å². The minimum absolute atomic E-state index is 0.341. The number of furan rings is 1. The van der Waals surface area contributed by atoms with Crippen LogP contribution in [0.3, 0.4) is 0 Å². The molecule has 0 atom stereocenters. The molecule has 2 aromatic heterocycles. The van der Waals surface area contributed by atoms with E-state index in [-0.39, 0.29) is 0 Å². The molecule has 6 heteroatoms. The molecule has 0 unspecified atom stereocenters. The second-order valence-electron chi connectivity index (χ2n) is 4.16. The Bertz CT molecular complexity index is 701. The maximum atomic E-state index is 12.8. The number of alkyl halides is 3. The zero-order valence-electron chi connectivity index (χ0n) is 10.1. The molecule has 2 heterocycles. The van der Waals surface area contributed by atoms with Gasteiger partial charge in [-0.25, -0.2) is 4.68 Å². The van der Waals surface area contributed by atoms with Crippen molar-refractivity contribution in [1.82, 2.24) is 9.78 Å². The van der Waals surface area contributed by atoms with Crippen molar-refractivity contribution in [3.8, 4) is 17.0 Å². The molecule has 3 nitrogen and oxygen atoms in total. The number of hydrogen-bond donors (Lipinski definition) is 0. The lowest BCUT2D eigenvalue weighted by molar-refractivity contribution is -0.137. The average molecular weight is 278 g/mol. The van der Waals surface area contributed by atoms with Gasteiger partial charge in [-0.1, -0.05) is 0 Å². The highest BCUT2D eigenvalue weighted by atomic mass is 19.4. The van der Waals surface area contributed by atoms with Crippen molar-refractivity contribution in [2.75, 3.05) is 0 Å². The van der Waals surface area contributed by atoms with Gasteiger partial charge in [0.1, 0.15) is 5.76 Å². The van der Waals surface area contributed by atoms with Gasteiger partial charge in [0, 0.05) is 18.0 Å². The largest absolute Gasteiger partial charge is 0.464 e. The molecule has 3 rings (SSSR count). The Morgan fingerprint density at radius 2 is 1.95 bits per heavy atom. The Morgan fingerprint density at radius 3 is 2.55 bits per heavy atom. The molecule has 102 valence electrons. The normalized spacial score (nSPS) is 11.8. The van der Waals surface area contributed by atoms with Crippen molar-refractivity contribution < 1.29 is 17.6 Å². The first-order valence-electron chi connectivity index (χ1n) is 5.81. The van der Waals surface area contributed by atoms with E-state index in [9.17, 15) is 13.2 Å². The number of rotatable bonds is 2. The monoisotopic (exact) mass is 278 g/mol. The number of benzene rings is 1. The van der Waals surface area contributed by atoms with Crippen molar-refractivity contribution in [1.29, 1.82) is 0 Å². The summed E-state index contributed by atoms with van der Waals surface area (Å²) in [7, 11) is 0. The van der Waals surface area contributed by atoms with Gasteiger partial charge in [-0.3, -0.25) is 0 Å². The Labute approximate surface area is 112 Å². The molecule has 20 heavy (non-hydrogen) atoms. The van der Waals surface area contributed by atoms with Crippen LogP contribution in [0.4, 0.5) is 13.2 Å². The minimum Gasteiger partial charge on any atom is -0.464 e. The van der Waals surface area contributed by atoms with E-state index in [2.05, 4.69) is 5.10 Å². The van der Waals surface area contributed by atoms with Crippen LogP contribution in [0.2, 0.25) is 0 Å². The summed E-state index contributed by atoms with van der Waals surface area (Å²) in [5.41, 5.74) is 0.145. The van der Waals surface area contributed by atoms with Crippen LogP contribution in [-0.4, -0.2) is 9.78 Å². The summed E-state index contributed by atoms with van der Waals surface area (Å²) in [5, 5.41) is 4.04. The molecule has 0 saturated heterocycles. The smallest absolute Gasteiger partial charge is 0.416 e. The molecule has 0 aliphatic heterocycles. The van der Waals surface area contributed by atoms with Gasteiger partial charge in [0.2, 0.25) is 0 Å². The fourth-order valence-electron chi connectivity index (χ4n) is 1.95. The van der Waals surface area contributed by atoms with E-state index in [1.165, 1.54) is 17.0 Å². The first-order chi connectivity index (χ1) is 9.55. The summed E-state index contributed by atoms with van der Waals surface area (Å²) in [6.07, 6.45) is 0.241. The van der Waals surface area contributed by atoms with Crippen LogP contribution >= 0.6 is 0 Å². The Balaban J connectivity index is 2.21. The van der Waals surface area contributed by atoms with Crippen LogP contribution in [-0.2, 0) is 6.18 Å². The third-order valence-corrected chi connectivity index (χ3v) is 2.86. The zero-order valence-corrected chi connectivity index (χ0v) is 10.1. The SMILES string of the molecule is FC(F)(F)c1ccc(-n2cccn2)c(-c2ccco2)c1. The molecule has 0 bridgehead atoms. The van der Waals surface area contributed by atoms with E-state index < -0.39 is 11.7 Å². The summed E-state index contributed by atoms with van der Waals surface area (Å²) >= 11 is 0. The van der Waals surface area contributed by atoms with Gasteiger partial charge < -0.3 is 4.42 Å². The molecule has 0 aliphatic carbocycles. The number of hydrogen-bond acceptors (Lipinski definition) is 2. The standard InChI is InChI=1S/C14H9F3N2O/c15-14(16,17)10-4-5-12(19-7-2-6-18-19)11(9-10)13-3-1-8-20-13/h1-9H. The predicted molar refractivity (Wildman–Crippen MR) is 66.3 cm³/mol. The maximum absolute atomic E-state index is 12.8. The fraction of sp³-hybridized carbons (Fsp3) is 0.0714. The van der Waals surface area contributed by atoms with E-state index in [0.29, 0.717) is 17.0 Å². The molecule has 3 aromatic rings. The Kier molecular flexibility index (Phi) is 2.85. The van der Waals surface area contributed by atoms with Gasteiger partial charge in [-0.05, 0) is 36.4 Å². The third kappa shape index (κ3) is 2.20.